The predicted molar refractivity (Wildman–Crippen MR) is 215 cm³/mol. The molecule has 4 aliphatic rings. The standard InChI is InChI=1S/C25H19BN2S4.C13H11BF2N2S/c1-2-23-25(19-6-11-30-15-19)24-4-3-22(18-5-10-29-14-18)28(24)26(27(23)9-1,20-7-12-31-16-20)21-8-13-32-17-21;15-14(16)17-6-1-3-11(17)13(10-5-8-19-9-10)12-4-2-7-18(12)14/h1-8,10-17,27H,9H2;1-6,8-9,18H,7H2. The fraction of sp³-hybridized carbons (Fsp3) is 0.0526. The van der Waals surface area contributed by atoms with Crippen LogP contribution in [-0.2, 0) is 0 Å². The molecule has 11 heterocycles. The van der Waals surface area contributed by atoms with E-state index < -0.39 is 13.4 Å². The molecule has 252 valence electrons. The van der Waals surface area contributed by atoms with Crippen molar-refractivity contribution in [2.75, 3.05) is 13.1 Å². The molecule has 7 aromatic rings. The summed E-state index contributed by atoms with van der Waals surface area (Å²) in [6.07, 6.45) is 8.62. The van der Waals surface area contributed by atoms with E-state index in [0.717, 1.165) is 27.9 Å². The molecule has 0 bridgehead atoms. The number of rotatable bonds is 5. The van der Waals surface area contributed by atoms with E-state index in [1.165, 1.54) is 50.9 Å². The van der Waals surface area contributed by atoms with Crippen LogP contribution in [0.1, 0.15) is 22.5 Å². The number of allylic oxidation sites excluding steroid dienone is 2. The number of fused-ring (bicyclic) bond motifs is 4. The Morgan fingerprint density at radius 2 is 1.08 bits per heavy atom. The van der Waals surface area contributed by atoms with Crippen LogP contribution in [0.15, 0.2) is 150 Å². The van der Waals surface area contributed by atoms with E-state index in [1.807, 2.05) is 29.0 Å². The monoisotopic (exact) mass is 762 g/mol. The first-order valence-corrected chi connectivity index (χ1v) is 21.5. The van der Waals surface area contributed by atoms with Gasteiger partial charge in [0, 0.05) is 33.8 Å². The number of thiophene rings is 5. The van der Waals surface area contributed by atoms with Crippen LogP contribution in [-0.4, -0.2) is 35.4 Å². The van der Waals surface area contributed by atoms with Gasteiger partial charge in [0.2, 0.25) is 0 Å². The Morgan fingerprint density at radius 1 is 0.549 bits per heavy atom. The third kappa shape index (κ3) is 4.66. The first kappa shape index (κ1) is 31.6. The first-order chi connectivity index (χ1) is 25.1. The molecule has 51 heavy (non-hydrogen) atoms. The SMILES string of the molecule is C1=CC2=C(c3ccsc3)c3ccc(-c4ccsc4)n3[B-](c3ccsc3)(c3ccsc3)[NH+]2C1.F[B-]1(F)n2cccc2C(c2ccsc2)=C2C=CC[NH+]21. The molecular formula is C38H30B2F2N4S5. The highest BCUT2D eigenvalue weighted by molar-refractivity contribution is 7.13. The third-order valence-electron chi connectivity index (χ3n) is 10.8. The number of hydrogen-bond donors (Lipinski definition) is 2. The van der Waals surface area contributed by atoms with Crippen molar-refractivity contribution in [2.24, 2.45) is 0 Å². The van der Waals surface area contributed by atoms with Crippen molar-refractivity contribution in [2.45, 2.75) is 0 Å². The summed E-state index contributed by atoms with van der Waals surface area (Å²) in [6.45, 7) is -2.29. The summed E-state index contributed by atoms with van der Waals surface area (Å²) in [5, 5.41) is 22.2. The van der Waals surface area contributed by atoms with Crippen LogP contribution < -0.4 is 20.5 Å². The topological polar surface area (TPSA) is 18.7 Å². The summed E-state index contributed by atoms with van der Waals surface area (Å²) in [5.74, 6) is 0. The minimum atomic E-state index is -3.64. The van der Waals surface area contributed by atoms with Gasteiger partial charge >= 0.3 is 13.4 Å². The maximum atomic E-state index is 14.5. The van der Waals surface area contributed by atoms with Gasteiger partial charge in [-0.25, -0.2) is 0 Å². The zero-order valence-corrected chi connectivity index (χ0v) is 31.2. The van der Waals surface area contributed by atoms with Gasteiger partial charge in [0.1, 0.15) is 5.70 Å². The van der Waals surface area contributed by atoms with Crippen LogP contribution in [0.3, 0.4) is 0 Å². The van der Waals surface area contributed by atoms with Gasteiger partial charge < -0.3 is 27.2 Å². The van der Waals surface area contributed by atoms with Crippen LogP contribution in [0.25, 0.3) is 22.4 Å². The van der Waals surface area contributed by atoms with E-state index in [9.17, 15) is 8.63 Å². The largest absolute Gasteiger partial charge is 0.663 e. The molecule has 2 N–H and O–H groups in total. The Bertz CT molecular complexity index is 2430. The molecule has 13 heteroatoms. The Balaban J connectivity index is 0.000000147. The smallest absolute Gasteiger partial charge is 0.462 e. The number of hydrogen-bond acceptors (Lipinski definition) is 5. The van der Waals surface area contributed by atoms with E-state index in [-0.39, 0.29) is 4.81 Å². The molecule has 11 rings (SSSR count). The van der Waals surface area contributed by atoms with Gasteiger partial charge in [-0.2, -0.15) is 56.7 Å². The Kier molecular flexibility index (Phi) is 7.61. The van der Waals surface area contributed by atoms with Gasteiger partial charge in [-0.3, -0.25) is 0 Å². The van der Waals surface area contributed by atoms with E-state index in [4.69, 9.17) is 0 Å². The lowest BCUT2D eigenvalue weighted by molar-refractivity contribution is -0.754. The maximum absolute atomic E-state index is 14.5. The van der Waals surface area contributed by atoms with Gasteiger partial charge in [-0.15, -0.1) is 10.9 Å². The fourth-order valence-electron chi connectivity index (χ4n) is 8.80. The van der Waals surface area contributed by atoms with Gasteiger partial charge in [-0.05, 0) is 127 Å². The average molecular weight is 763 g/mol. The second-order valence-corrected chi connectivity index (χ2v) is 17.1. The van der Waals surface area contributed by atoms with Crippen molar-refractivity contribution in [1.29, 1.82) is 0 Å². The average Bonchev–Trinajstić information content (AvgIpc) is 3.98. The summed E-state index contributed by atoms with van der Waals surface area (Å²) in [7, 11) is 0. The summed E-state index contributed by atoms with van der Waals surface area (Å²) in [4.78, 5) is 1.81. The number of halogens is 2. The van der Waals surface area contributed by atoms with Crippen molar-refractivity contribution in [3.8, 4) is 11.3 Å². The van der Waals surface area contributed by atoms with Crippen molar-refractivity contribution in [3.63, 3.8) is 0 Å². The van der Waals surface area contributed by atoms with Gasteiger partial charge in [0.05, 0.1) is 29.9 Å². The molecule has 0 fully saturated rings. The lowest BCUT2D eigenvalue weighted by atomic mass is 9.35. The highest BCUT2D eigenvalue weighted by Gasteiger charge is 2.52. The second-order valence-electron chi connectivity index (χ2n) is 13.2. The summed E-state index contributed by atoms with van der Waals surface area (Å²) in [6, 6.07) is 19.4. The van der Waals surface area contributed by atoms with E-state index in [1.54, 1.807) is 73.6 Å². The molecule has 0 amide bonds. The minimum absolute atomic E-state index is 0.268. The Hall–Kier alpha value is -4.07. The molecule has 0 aromatic carbocycles. The molecule has 4 aliphatic heterocycles. The zero-order chi connectivity index (χ0) is 34.2. The second kappa shape index (κ2) is 12.3. The van der Waals surface area contributed by atoms with E-state index in [2.05, 4.69) is 96.1 Å². The van der Waals surface area contributed by atoms with Crippen LogP contribution in [0, 0.1) is 0 Å². The highest BCUT2D eigenvalue weighted by atomic mass is 32.1. The lowest BCUT2D eigenvalue weighted by Crippen LogP contribution is -3.26. The molecule has 2 atom stereocenters. The first-order valence-electron chi connectivity index (χ1n) is 16.8. The molecule has 4 nitrogen and oxygen atoms in total. The molecule has 7 aromatic heterocycles. The van der Waals surface area contributed by atoms with Gasteiger partial charge in [0.25, 0.3) is 0 Å². The van der Waals surface area contributed by atoms with Crippen molar-refractivity contribution in [3.05, 3.63) is 173 Å². The normalized spacial score (nSPS) is 20.6. The lowest BCUT2D eigenvalue weighted by Gasteiger charge is -2.51. The minimum Gasteiger partial charge on any atom is -0.462 e. The molecule has 0 saturated carbocycles. The predicted octanol–water partition coefficient (Wildman–Crippen LogP) is 6.73. The third-order valence-corrected chi connectivity index (χ3v) is 14.3. The van der Waals surface area contributed by atoms with Gasteiger partial charge in [0.15, 0.2) is 0 Å². The Morgan fingerprint density at radius 3 is 1.67 bits per heavy atom. The molecular weight excluding hydrogens is 732 g/mol. The van der Waals surface area contributed by atoms with Crippen LogP contribution in [0.2, 0.25) is 0 Å². The number of nitrogens with zero attached hydrogens (tertiary/aromatic N) is 2. The summed E-state index contributed by atoms with van der Waals surface area (Å²) >= 11 is 8.73. The molecule has 2 unspecified atom stereocenters. The summed E-state index contributed by atoms with van der Waals surface area (Å²) < 4.78 is 32.9. The fourth-order valence-corrected chi connectivity index (χ4v) is 12.2. The molecule has 0 radical (unpaired) electrons. The van der Waals surface area contributed by atoms with Crippen molar-refractivity contribution in [1.82, 2.24) is 8.96 Å². The molecule has 0 spiro atoms. The van der Waals surface area contributed by atoms with E-state index in [0.29, 0.717) is 12.2 Å². The number of quaternary nitrogens is 2. The van der Waals surface area contributed by atoms with Crippen molar-refractivity contribution >= 4 is 92.1 Å². The van der Waals surface area contributed by atoms with Crippen molar-refractivity contribution < 1.29 is 18.3 Å². The Labute approximate surface area is 314 Å². The maximum Gasteiger partial charge on any atom is 0.663 e. The van der Waals surface area contributed by atoms with Crippen LogP contribution in [0.5, 0.6) is 0 Å². The van der Waals surface area contributed by atoms with Gasteiger partial charge in [-0.1, -0.05) is 12.1 Å². The number of nitrogens with one attached hydrogen (secondary N) is 2. The molecule has 0 saturated heterocycles. The summed E-state index contributed by atoms with van der Waals surface area (Å²) in [5.41, 5.74) is 14.2. The van der Waals surface area contributed by atoms with Crippen LogP contribution >= 0.6 is 56.7 Å². The number of aromatic nitrogens is 2. The highest BCUT2D eigenvalue weighted by Crippen LogP contribution is 2.38. The van der Waals surface area contributed by atoms with E-state index >= 15 is 0 Å². The zero-order valence-electron chi connectivity index (χ0n) is 27.1. The quantitative estimate of drug-likeness (QED) is 0.182. The van der Waals surface area contributed by atoms with Crippen LogP contribution in [0.4, 0.5) is 8.63 Å². The molecule has 0 aliphatic carbocycles.